The Bertz CT molecular complexity index is 717. The van der Waals surface area contributed by atoms with Crippen molar-refractivity contribution in [3.05, 3.63) is 35.4 Å². The second kappa shape index (κ2) is 13.4. The van der Waals surface area contributed by atoms with Gasteiger partial charge in [0.2, 0.25) is 0 Å². The summed E-state index contributed by atoms with van der Waals surface area (Å²) in [6.45, 7) is 8.81. The van der Waals surface area contributed by atoms with E-state index >= 15 is 0 Å². The molecule has 0 aliphatic carbocycles. The number of halogens is 1. The van der Waals surface area contributed by atoms with Gasteiger partial charge in [-0.1, -0.05) is 30.7 Å². The highest BCUT2D eigenvalue weighted by Gasteiger charge is 2.11. The third-order valence-corrected chi connectivity index (χ3v) is 5.92. The minimum atomic E-state index is -2.94. The van der Waals surface area contributed by atoms with Gasteiger partial charge in [-0.3, -0.25) is 4.90 Å². The van der Waals surface area contributed by atoms with Crippen LogP contribution in [0.1, 0.15) is 50.7 Å². The molecule has 6 nitrogen and oxygen atoms in total. The lowest BCUT2D eigenvalue weighted by molar-refractivity contribution is 0.221. The monoisotopic (exact) mass is 536 g/mol. The van der Waals surface area contributed by atoms with E-state index in [1.54, 1.807) is 0 Å². The minimum Gasteiger partial charge on any atom is -0.357 e. The summed E-state index contributed by atoms with van der Waals surface area (Å²) in [6, 6.07) is 8.75. The highest BCUT2D eigenvalue weighted by molar-refractivity contribution is 14.0. The summed E-state index contributed by atoms with van der Waals surface area (Å²) in [7, 11) is -2.94. The molecule has 1 atom stereocenters. The summed E-state index contributed by atoms with van der Waals surface area (Å²) in [5.74, 6) is 0.903. The normalized spacial score (nSPS) is 16.7. The van der Waals surface area contributed by atoms with Crippen LogP contribution in [-0.4, -0.2) is 57.0 Å². The molecule has 0 saturated carbocycles. The van der Waals surface area contributed by atoms with Crippen LogP contribution < -0.4 is 10.6 Å². The second-order valence-electron chi connectivity index (χ2n) is 7.81. The largest absolute Gasteiger partial charge is 0.357 e. The number of sulfone groups is 1. The second-order valence-corrected chi connectivity index (χ2v) is 10.1. The fourth-order valence-electron chi connectivity index (χ4n) is 3.31. The first-order valence-electron chi connectivity index (χ1n) is 10.4. The smallest absolute Gasteiger partial charge is 0.191 e. The maximum atomic E-state index is 11.3. The number of likely N-dealkylation sites (tertiary alicyclic amines) is 1. The lowest BCUT2D eigenvalue weighted by Crippen LogP contribution is -2.42. The first-order chi connectivity index (χ1) is 13.4. The Morgan fingerprint density at radius 2 is 1.76 bits per heavy atom. The van der Waals surface area contributed by atoms with Gasteiger partial charge in [0.25, 0.3) is 0 Å². The summed E-state index contributed by atoms with van der Waals surface area (Å²) in [5.41, 5.74) is 2.53. The van der Waals surface area contributed by atoms with Crippen molar-refractivity contribution in [1.29, 1.82) is 0 Å². The molecule has 1 aliphatic rings. The molecule has 166 valence electrons. The van der Waals surface area contributed by atoms with Crippen molar-refractivity contribution < 1.29 is 8.42 Å². The summed E-state index contributed by atoms with van der Waals surface area (Å²) in [6.07, 6.45) is 5.83. The lowest BCUT2D eigenvalue weighted by Gasteiger charge is -2.26. The van der Waals surface area contributed by atoms with E-state index in [1.807, 2.05) is 13.8 Å². The maximum absolute atomic E-state index is 11.3. The third kappa shape index (κ3) is 11.2. The molecule has 2 N–H and O–H groups in total. The Morgan fingerprint density at radius 1 is 1.14 bits per heavy atom. The van der Waals surface area contributed by atoms with Gasteiger partial charge in [-0.2, -0.15) is 0 Å². The SMILES string of the molecule is CCNC(=NCc1ccc(CN2CCCCC2)cc1)NC(C)CCS(C)(=O)=O.I. The average molecular weight is 537 g/mol. The van der Waals surface area contributed by atoms with E-state index < -0.39 is 9.84 Å². The molecule has 2 rings (SSSR count). The predicted octanol–water partition coefficient (Wildman–Crippen LogP) is 3.17. The summed E-state index contributed by atoms with van der Waals surface area (Å²) >= 11 is 0. The van der Waals surface area contributed by atoms with Crippen LogP contribution in [0.3, 0.4) is 0 Å². The highest BCUT2D eigenvalue weighted by atomic mass is 127. The Labute approximate surface area is 193 Å². The molecule has 1 aromatic rings. The standard InChI is InChI=1S/C21H36N4O2S.HI/c1-4-22-21(24-18(2)12-15-28(3,26)27)23-16-19-8-10-20(11-9-19)17-25-13-6-5-7-14-25;/h8-11,18H,4-7,12-17H2,1-3H3,(H2,22,23,24);1H. The van der Waals surface area contributed by atoms with E-state index in [1.165, 1.54) is 49.7 Å². The molecule has 0 bridgehead atoms. The zero-order valence-corrected chi connectivity index (χ0v) is 21.1. The number of benzene rings is 1. The molecule has 1 fully saturated rings. The van der Waals surface area contributed by atoms with E-state index in [2.05, 4.69) is 44.8 Å². The number of hydrogen-bond donors (Lipinski definition) is 2. The molecule has 8 heteroatoms. The van der Waals surface area contributed by atoms with Crippen molar-refractivity contribution in [2.24, 2.45) is 4.99 Å². The van der Waals surface area contributed by atoms with Crippen LogP contribution in [0.4, 0.5) is 0 Å². The third-order valence-electron chi connectivity index (χ3n) is 4.95. The van der Waals surface area contributed by atoms with Crippen LogP contribution in [0.5, 0.6) is 0 Å². The molecule has 1 unspecified atom stereocenters. The molecular weight excluding hydrogens is 499 g/mol. The molecule has 0 spiro atoms. The van der Waals surface area contributed by atoms with Gasteiger partial charge >= 0.3 is 0 Å². The van der Waals surface area contributed by atoms with Crippen LogP contribution in [0, 0.1) is 0 Å². The summed E-state index contributed by atoms with van der Waals surface area (Å²) in [5, 5.41) is 6.52. The number of nitrogens with zero attached hydrogens (tertiary/aromatic N) is 2. The van der Waals surface area contributed by atoms with Gasteiger partial charge in [0.05, 0.1) is 12.3 Å². The van der Waals surface area contributed by atoms with E-state index in [9.17, 15) is 8.42 Å². The van der Waals surface area contributed by atoms with E-state index in [0.29, 0.717) is 13.0 Å². The van der Waals surface area contributed by atoms with Crippen LogP contribution in [-0.2, 0) is 22.9 Å². The van der Waals surface area contributed by atoms with Crippen LogP contribution in [0.15, 0.2) is 29.3 Å². The van der Waals surface area contributed by atoms with Crippen LogP contribution in [0.2, 0.25) is 0 Å². The number of guanidine groups is 1. The Kier molecular flexibility index (Phi) is 12.1. The van der Waals surface area contributed by atoms with Gasteiger partial charge in [0, 0.05) is 25.4 Å². The fraction of sp³-hybridized carbons (Fsp3) is 0.667. The molecule has 1 saturated heterocycles. The Balaban J connectivity index is 0.00000420. The van der Waals surface area contributed by atoms with Crippen LogP contribution >= 0.6 is 24.0 Å². The number of nitrogens with one attached hydrogen (secondary N) is 2. The van der Waals surface area contributed by atoms with Crippen molar-refractivity contribution in [3.8, 4) is 0 Å². The quantitative estimate of drug-likeness (QED) is 0.288. The van der Waals surface area contributed by atoms with E-state index in [-0.39, 0.29) is 35.8 Å². The molecular formula is C21H37IN4O2S. The first kappa shape index (κ1) is 26.2. The molecule has 1 aliphatic heterocycles. The maximum Gasteiger partial charge on any atom is 0.191 e. The lowest BCUT2D eigenvalue weighted by atomic mass is 10.1. The van der Waals surface area contributed by atoms with E-state index in [4.69, 9.17) is 0 Å². The molecule has 29 heavy (non-hydrogen) atoms. The minimum absolute atomic E-state index is 0. The van der Waals surface area contributed by atoms with Crippen molar-refractivity contribution in [1.82, 2.24) is 15.5 Å². The van der Waals surface area contributed by atoms with Gasteiger partial charge in [-0.25, -0.2) is 13.4 Å². The first-order valence-corrected chi connectivity index (χ1v) is 12.4. The van der Waals surface area contributed by atoms with Crippen LogP contribution in [0.25, 0.3) is 0 Å². The van der Waals surface area contributed by atoms with Gasteiger partial charge in [0.15, 0.2) is 5.96 Å². The molecule has 0 radical (unpaired) electrons. The number of hydrogen-bond acceptors (Lipinski definition) is 4. The molecule has 1 heterocycles. The van der Waals surface area contributed by atoms with Crippen molar-refractivity contribution in [3.63, 3.8) is 0 Å². The zero-order chi connectivity index (χ0) is 20.4. The van der Waals surface area contributed by atoms with Crippen molar-refractivity contribution >= 4 is 39.8 Å². The average Bonchev–Trinajstić information content (AvgIpc) is 2.66. The molecule has 0 aromatic heterocycles. The van der Waals surface area contributed by atoms with Crippen molar-refractivity contribution in [2.45, 2.75) is 58.7 Å². The van der Waals surface area contributed by atoms with Gasteiger partial charge in [0.1, 0.15) is 9.84 Å². The van der Waals surface area contributed by atoms with Gasteiger partial charge < -0.3 is 10.6 Å². The number of rotatable bonds is 9. The molecule has 0 amide bonds. The van der Waals surface area contributed by atoms with E-state index in [0.717, 1.165) is 19.0 Å². The fourth-order valence-corrected chi connectivity index (χ4v) is 4.09. The zero-order valence-electron chi connectivity index (χ0n) is 18.0. The Hall–Kier alpha value is -0.870. The summed E-state index contributed by atoms with van der Waals surface area (Å²) < 4.78 is 22.7. The van der Waals surface area contributed by atoms with Gasteiger partial charge in [-0.05, 0) is 57.3 Å². The predicted molar refractivity (Wildman–Crippen MR) is 133 cm³/mol. The number of piperidine rings is 1. The Morgan fingerprint density at radius 3 is 2.34 bits per heavy atom. The van der Waals surface area contributed by atoms with Crippen molar-refractivity contribution in [2.75, 3.05) is 31.6 Å². The highest BCUT2D eigenvalue weighted by Crippen LogP contribution is 2.14. The topological polar surface area (TPSA) is 73.8 Å². The van der Waals surface area contributed by atoms with Gasteiger partial charge in [-0.15, -0.1) is 24.0 Å². The molecule has 1 aromatic carbocycles. The summed E-state index contributed by atoms with van der Waals surface area (Å²) in [4.78, 5) is 7.18. The number of aliphatic imine (C=N–C) groups is 1.